The highest BCUT2D eigenvalue weighted by molar-refractivity contribution is 5.97. The number of hydrogen-bond donors (Lipinski definition) is 1. The van der Waals surface area contributed by atoms with E-state index >= 15 is 0 Å². The number of fused-ring (bicyclic) bond motifs is 4. The number of benzene rings is 3. The summed E-state index contributed by atoms with van der Waals surface area (Å²) in [6.45, 7) is 5.23. The van der Waals surface area contributed by atoms with Crippen molar-refractivity contribution in [3.8, 4) is 11.1 Å². The van der Waals surface area contributed by atoms with Crippen molar-refractivity contribution >= 4 is 23.0 Å². The minimum absolute atomic E-state index is 0.604. The third-order valence-electron chi connectivity index (χ3n) is 8.20. The Morgan fingerprint density at radius 1 is 0.976 bits per heavy atom. The summed E-state index contributed by atoms with van der Waals surface area (Å²) in [6, 6.07) is 20.1. The molecule has 4 aromatic rings. The average Bonchev–Trinajstić information content (AvgIpc) is 3.55. The zero-order valence-electron chi connectivity index (χ0n) is 23.0. The first-order valence-corrected chi connectivity index (χ1v) is 14.2. The molecule has 6 nitrogen and oxygen atoms in total. The molecule has 2 aliphatic rings. The number of para-hydroxylation sites is 1. The van der Waals surface area contributed by atoms with Crippen molar-refractivity contribution < 1.29 is 22.4 Å². The first-order valence-electron chi connectivity index (χ1n) is 14.2. The fraction of sp³-hybridized carbons (Fsp3) is 0.375. The van der Waals surface area contributed by atoms with Crippen molar-refractivity contribution in [1.29, 1.82) is 0 Å². The number of oxazole rings is 1. The summed E-state index contributed by atoms with van der Waals surface area (Å²) in [7, 11) is 0. The normalized spacial score (nSPS) is 17.1. The first-order chi connectivity index (χ1) is 19.8. The number of aromatic nitrogens is 1. The standard InChI is InChI=1S/C32H33F3N4O2/c1-21-8-6-14-26-29(21)37-31(41-26)39-18-16-38(17-19-39)15-5-4-9-22-10-7-13-24-23-11-2-3-12-25(23)28(27(22)24)30(40)36-20-32(33,34)35/h2-3,6-8,10-14,28H,4-5,9,15-20H2,1H3,(H,36,40). The third-order valence-corrected chi connectivity index (χ3v) is 8.20. The number of hydrogen-bond acceptors (Lipinski definition) is 5. The Bertz CT molecular complexity index is 1560. The number of carbonyl (C=O) groups excluding carboxylic acids is 1. The van der Waals surface area contributed by atoms with Crippen molar-refractivity contribution in [1.82, 2.24) is 15.2 Å². The predicted octanol–water partition coefficient (Wildman–Crippen LogP) is 6.07. The van der Waals surface area contributed by atoms with Gasteiger partial charge < -0.3 is 14.6 Å². The van der Waals surface area contributed by atoms with E-state index in [0.29, 0.717) is 6.01 Å². The van der Waals surface area contributed by atoms with E-state index in [2.05, 4.69) is 15.1 Å². The van der Waals surface area contributed by atoms with Crippen molar-refractivity contribution in [3.63, 3.8) is 0 Å². The number of aryl methyl sites for hydroxylation is 2. The van der Waals surface area contributed by atoms with Crippen molar-refractivity contribution in [2.24, 2.45) is 0 Å². The number of anilines is 1. The summed E-state index contributed by atoms with van der Waals surface area (Å²) in [4.78, 5) is 22.4. The number of nitrogens with zero attached hydrogens (tertiary/aromatic N) is 3. The van der Waals surface area contributed by atoms with E-state index < -0.39 is 24.5 Å². The van der Waals surface area contributed by atoms with Crippen LogP contribution in [0.15, 0.2) is 65.1 Å². The number of carbonyl (C=O) groups is 1. The zero-order valence-corrected chi connectivity index (χ0v) is 23.0. The monoisotopic (exact) mass is 562 g/mol. The smallest absolute Gasteiger partial charge is 0.405 e. The van der Waals surface area contributed by atoms with Crippen LogP contribution in [0.25, 0.3) is 22.2 Å². The van der Waals surface area contributed by atoms with Gasteiger partial charge in [0.05, 0.1) is 5.92 Å². The number of rotatable bonds is 8. The highest BCUT2D eigenvalue weighted by Crippen LogP contribution is 2.46. The van der Waals surface area contributed by atoms with Gasteiger partial charge >= 0.3 is 6.18 Å². The van der Waals surface area contributed by atoms with E-state index in [9.17, 15) is 18.0 Å². The summed E-state index contributed by atoms with van der Waals surface area (Å²) in [6.07, 6.45) is -1.77. The Balaban J connectivity index is 1.06. The van der Waals surface area contributed by atoms with Gasteiger partial charge in [-0.15, -0.1) is 0 Å². The molecule has 214 valence electrons. The quantitative estimate of drug-likeness (QED) is 0.264. The lowest BCUT2D eigenvalue weighted by atomic mass is 9.90. The highest BCUT2D eigenvalue weighted by Gasteiger charge is 2.37. The van der Waals surface area contributed by atoms with E-state index in [1.165, 1.54) is 0 Å². The lowest BCUT2D eigenvalue weighted by Crippen LogP contribution is -2.46. The Hall–Kier alpha value is -3.85. The number of alkyl halides is 3. The minimum Gasteiger partial charge on any atom is -0.423 e. The van der Waals surface area contributed by atoms with Crippen LogP contribution in [0.1, 0.15) is 41.0 Å². The molecular weight excluding hydrogens is 529 g/mol. The largest absolute Gasteiger partial charge is 0.423 e. The molecule has 1 unspecified atom stereocenters. The Kier molecular flexibility index (Phi) is 7.46. The van der Waals surface area contributed by atoms with Crippen LogP contribution in [0.5, 0.6) is 0 Å². The van der Waals surface area contributed by atoms with Crippen molar-refractivity contribution in [2.75, 3.05) is 44.2 Å². The molecule has 1 aliphatic carbocycles. The fourth-order valence-electron chi connectivity index (χ4n) is 6.14. The predicted molar refractivity (Wildman–Crippen MR) is 153 cm³/mol. The SMILES string of the molecule is Cc1cccc2oc(N3CCN(CCCCc4cccc5c4C(C(=O)NCC(F)(F)F)c4ccccc4-5)CC3)nc12. The van der Waals surface area contributed by atoms with Crippen LogP contribution in [0.2, 0.25) is 0 Å². The molecule has 0 saturated carbocycles. The second-order valence-electron chi connectivity index (χ2n) is 10.9. The van der Waals surface area contributed by atoms with Crippen LogP contribution < -0.4 is 10.2 Å². The van der Waals surface area contributed by atoms with Gasteiger partial charge in [-0.25, -0.2) is 0 Å². The van der Waals surface area contributed by atoms with Crippen LogP contribution >= 0.6 is 0 Å². The Labute approximate surface area is 237 Å². The molecule has 41 heavy (non-hydrogen) atoms. The maximum absolute atomic E-state index is 13.1. The topological polar surface area (TPSA) is 61.6 Å². The van der Waals surface area contributed by atoms with Crippen molar-refractivity contribution in [2.45, 2.75) is 38.3 Å². The van der Waals surface area contributed by atoms with E-state index in [1.807, 2.05) is 67.6 Å². The lowest BCUT2D eigenvalue weighted by Gasteiger charge is -2.33. The molecule has 3 aromatic carbocycles. The summed E-state index contributed by atoms with van der Waals surface area (Å²) >= 11 is 0. The average molecular weight is 563 g/mol. The Morgan fingerprint density at radius 2 is 1.73 bits per heavy atom. The minimum atomic E-state index is -4.46. The second-order valence-corrected chi connectivity index (χ2v) is 10.9. The van der Waals surface area contributed by atoms with Crippen LogP contribution in [-0.4, -0.2) is 61.2 Å². The van der Waals surface area contributed by atoms with Crippen LogP contribution in [0.4, 0.5) is 19.2 Å². The van der Waals surface area contributed by atoms with Gasteiger partial charge in [0, 0.05) is 26.2 Å². The van der Waals surface area contributed by atoms with Gasteiger partial charge in [0.25, 0.3) is 6.01 Å². The van der Waals surface area contributed by atoms with E-state index in [1.54, 1.807) is 0 Å². The first kappa shape index (κ1) is 27.3. The van der Waals surface area contributed by atoms with E-state index in [4.69, 9.17) is 9.40 Å². The highest BCUT2D eigenvalue weighted by atomic mass is 19.4. The van der Waals surface area contributed by atoms with Crippen LogP contribution in [0, 0.1) is 6.92 Å². The fourth-order valence-corrected chi connectivity index (χ4v) is 6.14. The molecule has 0 bridgehead atoms. The molecule has 6 rings (SSSR count). The van der Waals surface area contributed by atoms with Gasteiger partial charge in [-0.1, -0.05) is 54.6 Å². The van der Waals surface area contributed by atoms with Gasteiger partial charge in [-0.3, -0.25) is 9.69 Å². The number of piperazine rings is 1. The van der Waals surface area contributed by atoms with Gasteiger partial charge in [-0.05, 0) is 72.2 Å². The molecule has 2 heterocycles. The molecule has 0 spiro atoms. The lowest BCUT2D eigenvalue weighted by molar-refractivity contribution is -0.138. The molecule has 0 radical (unpaired) electrons. The molecule has 1 amide bonds. The van der Waals surface area contributed by atoms with Gasteiger partial charge in [0.1, 0.15) is 12.1 Å². The number of halogens is 3. The summed E-state index contributed by atoms with van der Waals surface area (Å²) < 4.78 is 44.6. The van der Waals surface area contributed by atoms with Gasteiger partial charge in [-0.2, -0.15) is 18.2 Å². The summed E-state index contributed by atoms with van der Waals surface area (Å²) in [5, 5.41) is 2.12. The van der Waals surface area contributed by atoms with E-state index in [-0.39, 0.29) is 0 Å². The molecule has 1 saturated heterocycles. The molecule has 9 heteroatoms. The maximum atomic E-state index is 13.1. The molecule has 1 fully saturated rings. The van der Waals surface area contributed by atoms with Crippen LogP contribution in [0.3, 0.4) is 0 Å². The second kappa shape index (κ2) is 11.2. The number of unbranched alkanes of at least 4 members (excludes halogenated alkanes) is 1. The summed E-state index contributed by atoms with van der Waals surface area (Å²) in [5.41, 5.74) is 7.34. The van der Waals surface area contributed by atoms with Gasteiger partial charge in [0.15, 0.2) is 5.58 Å². The van der Waals surface area contributed by atoms with E-state index in [0.717, 1.165) is 96.5 Å². The number of nitrogens with one attached hydrogen (secondary N) is 1. The van der Waals surface area contributed by atoms with Gasteiger partial charge in [0.2, 0.25) is 5.91 Å². The summed E-state index contributed by atoms with van der Waals surface area (Å²) in [5.74, 6) is -1.34. The molecular formula is C32H33F3N4O2. The zero-order chi connectivity index (χ0) is 28.6. The molecule has 1 aliphatic heterocycles. The Morgan fingerprint density at radius 3 is 2.51 bits per heavy atom. The molecule has 1 aromatic heterocycles. The third kappa shape index (κ3) is 5.68. The molecule has 1 atom stereocenters. The van der Waals surface area contributed by atoms with Crippen LogP contribution in [-0.2, 0) is 11.2 Å². The maximum Gasteiger partial charge on any atom is 0.405 e. The molecule has 1 N–H and O–H groups in total. The number of amides is 1. The van der Waals surface area contributed by atoms with Crippen molar-refractivity contribution in [3.05, 3.63) is 82.9 Å².